The van der Waals surface area contributed by atoms with Crippen molar-refractivity contribution in [1.29, 1.82) is 0 Å². The molecule has 2 atom stereocenters. The highest BCUT2D eigenvalue weighted by atomic mass is 35.5. The topological polar surface area (TPSA) is 85.5 Å². The number of nitrogens with zero attached hydrogens (tertiary/aromatic N) is 3. The van der Waals surface area contributed by atoms with Crippen LogP contribution in [-0.4, -0.2) is 109 Å². The van der Waals surface area contributed by atoms with Gasteiger partial charge in [0.2, 0.25) is 5.91 Å². The smallest absolute Gasteiger partial charge is 0.225 e. The van der Waals surface area contributed by atoms with Crippen molar-refractivity contribution in [1.82, 2.24) is 4.90 Å². The monoisotopic (exact) mass is 667 g/mol. The number of rotatable bonds is 20. The molecule has 250 valence electrons. The highest BCUT2D eigenvalue weighted by molar-refractivity contribution is 6.43. The summed E-state index contributed by atoms with van der Waals surface area (Å²) in [5, 5.41) is 1.22. The number of hydrogen-bond donors (Lipinski definition) is 0. The van der Waals surface area contributed by atoms with Crippen LogP contribution in [0.15, 0.2) is 36.4 Å². The van der Waals surface area contributed by atoms with Crippen molar-refractivity contribution in [3.63, 3.8) is 0 Å². The summed E-state index contributed by atoms with van der Waals surface area (Å²) in [6.45, 7) is 11.6. The first-order valence-corrected chi connectivity index (χ1v) is 16.5. The lowest BCUT2D eigenvalue weighted by Crippen LogP contribution is -2.46. The third-order valence-corrected chi connectivity index (χ3v) is 8.69. The van der Waals surface area contributed by atoms with Crippen molar-refractivity contribution in [2.45, 2.75) is 45.5 Å². The Morgan fingerprint density at radius 2 is 1.78 bits per heavy atom. The van der Waals surface area contributed by atoms with Gasteiger partial charge in [0.25, 0.3) is 0 Å². The minimum absolute atomic E-state index is 0.0872. The minimum atomic E-state index is -0.400. The number of aryl methyl sites for hydroxylation is 1. The van der Waals surface area contributed by atoms with Gasteiger partial charge < -0.3 is 33.3 Å². The van der Waals surface area contributed by atoms with Gasteiger partial charge in [-0.3, -0.25) is 14.6 Å². The molecule has 2 unspecified atom stereocenters. The van der Waals surface area contributed by atoms with Crippen LogP contribution in [0.2, 0.25) is 10.0 Å². The van der Waals surface area contributed by atoms with Gasteiger partial charge in [-0.25, -0.2) is 0 Å². The van der Waals surface area contributed by atoms with E-state index < -0.39 is 6.29 Å². The van der Waals surface area contributed by atoms with Crippen LogP contribution in [0.1, 0.15) is 32.3 Å². The Morgan fingerprint density at radius 1 is 1.00 bits per heavy atom. The molecule has 2 saturated heterocycles. The van der Waals surface area contributed by atoms with Gasteiger partial charge in [-0.1, -0.05) is 42.3 Å². The average molecular weight is 669 g/mol. The Morgan fingerprint density at radius 3 is 2.53 bits per heavy atom. The lowest BCUT2D eigenvalue weighted by molar-refractivity contribution is -0.118. The number of carbonyl (C=O) groups excluding carboxylic acids is 1. The van der Waals surface area contributed by atoms with E-state index in [9.17, 15) is 4.79 Å². The Bertz CT molecular complexity index is 1200. The van der Waals surface area contributed by atoms with E-state index in [2.05, 4.69) is 16.7 Å². The van der Waals surface area contributed by atoms with Crippen molar-refractivity contribution < 1.29 is 33.2 Å². The van der Waals surface area contributed by atoms with Gasteiger partial charge in [0.1, 0.15) is 18.6 Å². The fourth-order valence-corrected chi connectivity index (χ4v) is 5.61. The number of amides is 1. The molecule has 2 fully saturated rings. The van der Waals surface area contributed by atoms with Gasteiger partial charge in [0.15, 0.2) is 6.29 Å². The van der Waals surface area contributed by atoms with Gasteiger partial charge in [0.05, 0.1) is 61.1 Å². The van der Waals surface area contributed by atoms with Crippen molar-refractivity contribution in [2.24, 2.45) is 0 Å². The van der Waals surface area contributed by atoms with E-state index in [1.807, 2.05) is 36.4 Å². The van der Waals surface area contributed by atoms with E-state index >= 15 is 0 Å². The molecule has 0 N–H and O–H groups in total. The lowest BCUT2D eigenvalue weighted by Gasteiger charge is -2.36. The summed E-state index contributed by atoms with van der Waals surface area (Å²) in [6, 6.07) is 11.7. The normalized spacial score (nSPS) is 18.3. The third kappa shape index (κ3) is 11.3. The second-order valence-corrected chi connectivity index (χ2v) is 11.9. The van der Waals surface area contributed by atoms with Crippen LogP contribution in [0, 0.1) is 0 Å². The Kier molecular flexibility index (Phi) is 15.0. The van der Waals surface area contributed by atoms with Crippen LogP contribution in [0.5, 0.6) is 5.75 Å². The van der Waals surface area contributed by atoms with Crippen molar-refractivity contribution >= 4 is 40.5 Å². The number of unbranched alkanes of at least 4 members (excludes halogenated alkanes) is 1. The molecule has 10 nitrogen and oxygen atoms in total. The van der Waals surface area contributed by atoms with Gasteiger partial charge in [-0.2, -0.15) is 0 Å². The number of benzene rings is 2. The fourth-order valence-electron chi connectivity index (χ4n) is 5.19. The van der Waals surface area contributed by atoms with Gasteiger partial charge in [0, 0.05) is 46.3 Å². The second kappa shape index (κ2) is 18.9. The molecule has 2 heterocycles. The molecule has 0 aliphatic carbocycles. The van der Waals surface area contributed by atoms with Crippen LogP contribution in [0.25, 0.3) is 0 Å². The molecule has 0 saturated carbocycles. The first-order valence-electron chi connectivity index (χ1n) is 15.8. The molecule has 45 heavy (non-hydrogen) atoms. The predicted molar refractivity (Wildman–Crippen MR) is 177 cm³/mol. The van der Waals surface area contributed by atoms with Crippen LogP contribution < -0.4 is 14.5 Å². The number of methoxy groups -OCH3 is 1. The number of ether oxygens (including phenoxy) is 6. The summed E-state index contributed by atoms with van der Waals surface area (Å²) >= 11 is 12.6. The molecular weight excluding hydrogens is 621 g/mol. The molecule has 2 aliphatic heterocycles. The fraction of sp³-hybridized carbons (Fsp3) is 0.606. The molecule has 2 aromatic carbocycles. The first kappa shape index (κ1) is 35.7. The van der Waals surface area contributed by atoms with Crippen molar-refractivity contribution in [3.05, 3.63) is 52.0 Å². The maximum absolute atomic E-state index is 12.6. The molecule has 4 rings (SSSR count). The zero-order valence-electron chi connectivity index (χ0n) is 26.7. The number of halogens is 2. The SMILES string of the molecule is CCc1ccc(OCCCCN2CCN(c3cccc(Cl)c3Cl)CC2)cc1N(COC1OC1COCCOCCOC)C(C)=O. The largest absolute Gasteiger partial charge is 0.494 e. The summed E-state index contributed by atoms with van der Waals surface area (Å²) < 4.78 is 33.5. The number of anilines is 2. The first-order chi connectivity index (χ1) is 21.9. The van der Waals surface area contributed by atoms with Gasteiger partial charge >= 0.3 is 0 Å². The maximum atomic E-state index is 12.6. The summed E-state index contributed by atoms with van der Waals surface area (Å²) in [7, 11) is 1.64. The molecule has 0 spiro atoms. The standard InChI is InChI=1S/C33H47Cl2N3O7/c1-4-26-10-11-27(43-17-6-5-12-36-13-15-37(16-14-36)29-9-7-8-28(34)32(29)35)22-30(26)38(25(2)39)24-44-33-31(45-33)23-42-21-20-41-19-18-40-3/h7-11,22,31,33H,4-6,12-21,23-24H2,1-3H3. The van der Waals surface area contributed by atoms with Crippen LogP contribution in [-0.2, 0) is 34.9 Å². The Hall–Kier alpha value is -2.15. The summed E-state index contributed by atoms with van der Waals surface area (Å²) in [5.41, 5.74) is 2.85. The lowest BCUT2D eigenvalue weighted by atomic mass is 10.1. The summed E-state index contributed by atoms with van der Waals surface area (Å²) in [5.74, 6) is 0.628. The molecular formula is C33H47Cl2N3O7. The van der Waals surface area contributed by atoms with Crippen LogP contribution in [0.4, 0.5) is 11.4 Å². The molecule has 2 aliphatic rings. The molecule has 0 radical (unpaired) electrons. The molecule has 0 bridgehead atoms. The highest BCUT2D eigenvalue weighted by Gasteiger charge is 2.41. The average Bonchev–Trinajstić information content (AvgIpc) is 3.80. The summed E-state index contributed by atoms with van der Waals surface area (Å²) in [4.78, 5) is 19.0. The molecule has 1 amide bonds. The quantitative estimate of drug-likeness (QED) is 0.107. The van der Waals surface area contributed by atoms with E-state index in [1.54, 1.807) is 12.0 Å². The molecule has 2 aromatic rings. The van der Waals surface area contributed by atoms with E-state index in [0.717, 1.165) is 74.7 Å². The minimum Gasteiger partial charge on any atom is -0.494 e. The molecule has 12 heteroatoms. The number of hydrogen-bond acceptors (Lipinski definition) is 9. The van der Waals surface area contributed by atoms with E-state index in [4.69, 9.17) is 51.6 Å². The Balaban J connectivity index is 1.16. The zero-order valence-corrected chi connectivity index (χ0v) is 28.2. The predicted octanol–water partition coefficient (Wildman–Crippen LogP) is 5.27. The third-order valence-electron chi connectivity index (χ3n) is 7.88. The van der Waals surface area contributed by atoms with E-state index in [-0.39, 0.29) is 18.7 Å². The second-order valence-electron chi connectivity index (χ2n) is 11.1. The highest BCUT2D eigenvalue weighted by Crippen LogP contribution is 2.33. The number of carbonyl (C=O) groups is 1. The molecule has 0 aromatic heterocycles. The summed E-state index contributed by atoms with van der Waals surface area (Å²) in [6.07, 6.45) is 2.20. The van der Waals surface area contributed by atoms with Crippen molar-refractivity contribution in [3.8, 4) is 5.75 Å². The van der Waals surface area contributed by atoms with Crippen LogP contribution >= 0.6 is 23.2 Å². The zero-order chi connectivity index (χ0) is 32.0. The van der Waals surface area contributed by atoms with Gasteiger partial charge in [-0.15, -0.1) is 0 Å². The van der Waals surface area contributed by atoms with E-state index in [0.29, 0.717) is 49.7 Å². The van der Waals surface area contributed by atoms with Crippen molar-refractivity contribution in [2.75, 3.05) is 96.0 Å². The van der Waals surface area contributed by atoms with Gasteiger partial charge in [-0.05, 0) is 49.6 Å². The Labute approximate surface area is 277 Å². The number of piperazine rings is 1. The number of epoxide rings is 1. The van der Waals surface area contributed by atoms with Crippen LogP contribution in [0.3, 0.4) is 0 Å². The maximum Gasteiger partial charge on any atom is 0.225 e. The van der Waals surface area contributed by atoms with E-state index in [1.165, 1.54) is 6.92 Å².